The van der Waals surface area contributed by atoms with Crippen LogP contribution in [0.3, 0.4) is 0 Å². The third kappa shape index (κ3) is 4.17. The molecule has 2 heterocycles. The smallest absolute Gasteiger partial charge is 0.323 e. The van der Waals surface area contributed by atoms with Gasteiger partial charge in [0, 0.05) is 6.54 Å². The highest BCUT2D eigenvalue weighted by Gasteiger charge is 2.29. The molecule has 28 heavy (non-hydrogen) atoms. The van der Waals surface area contributed by atoms with E-state index < -0.39 is 0 Å². The maximum atomic E-state index is 13.2. The Kier molecular flexibility index (Phi) is 5.29. The molecule has 0 spiro atoms. The molecule has 8 heteroatoms. The molecule has 0 aliphatic carbocycles. The van der Waals surface area contributed by atoms with E-state index in [9.17, 15) is 9.18 Å². The van der Waals surface area contributed by atoms with E-state index in [1.807, 2.05) is 30.3 Å². The highest BCUT2D eigenvalue weighted by molar-refractivity contribution is 5.88. The van der Waals surface area contributed by atoms with Crippen LogP contribution >= 0.6 is 0 Å². The number of ether oxygens (including phenoxy) is 1. The number of halogens is 1. The summed E-state index contributed by atoms with van der Waals surface area (Å²) in [5.41, 5.74) is 1.92. The number of nitrogens with zero attached hydrogens (tertiary/aromatic N) is 4. The minimum Gasteiger partial charge on any atom is -0.377 e. The van der Waals surface area contributed by atoms with E-state index in [0.717, 1.165) is 11.1 Å². The van der Waals surface area contributed by atoms with Gasteiger partial charge in [0.05, 0.1) is 32.0 Å². The molecule has 1 unspecified atom stereocenters. The van der Waals surface area contributed by atoms with Crippen molar-refractivity contribution in [1.82, 2.24) is 19.9 Å². The Labute approximate surface area is 161 Å². The number of hydrogen-bond donors (Lipinski definition) is 1. The Morgan fingerprint density at radius 1 is 1.18 bits per heavy atom. The van der Waals surface area contributed by atoms with E-state index in [0.29, 0.717) is 32.1 Å². The quantitative estimate of drug-likeness (QED) is 0.754. The fraction of sp³-hybridized carbons (Fsp3) is 0.250. The SMILES string of the molecule is O=C(Nc1cn(Cc2ccccc2)nn1)N1CCOCC1c1ccc(F)cc1. The number of amides is 2. The van der Waals surface area contributed by atoms with Crippen molar-refractivity contribution in [3.05, 3.63) is 77.7 Å². The molecule has 2 aromatic carbocycles. The molecule has 1 aliphatic heterocycles. The van der Waals surface area contributed by atoms with Crippen LogP contribution in [0.1, 0.15) is 17.2 Å². The molecule has 1 N–H and O–H groups in total. The van der Waals surface area contributed by atoms with Crippen molar-refractivity contribution in [1.29, 1.82) is 0 Å². The third-order valence-electron chi connectivity index (χ3n) is 4.61. The molecule has 2 amide bonds. The van der Waals surface area contributed by atoms with Crippen molar-refractivity contribution in [2.75, 3.05) is 25.1 Å². The van der Waals surface area contributed by atoms with Crippen LogP contribution in [0.2, 0.25) is 0 Å². The number of urea groups is 1. The van der Waals surface area contributed by atoms with Gasteiger partial charge in [-0.05, 0) is 23.3 Å². The standard InChI is InChI=1S/C20H20FN5O2/c21-17-8-6-16(7-9-17)18-14-28-11-10-26(18)20(27)22-19-13-25(24-23-19)12-15-4-2-1-3-5-15/h1-9,13,18H,10-12,14H2,(H,22,27). The van der Waals surface area contributed by atoms with Gasteiger partial charge in [-0.3, -0.25) is 5.32 Å². The van der Waals surface area contributed by atoms with Crippen molar-refractivity contribution >= 4 is 11.8 Å². The lowest BCUT2D eigenvalue weighted by Gasteiger charge is -2.35. The lowest BCUT2D eigenvalue weighted by molar-refractivity contribution is 0.0147. The van der Waals surface area contributed by atoms with Gasteiger partial charge < -0.3 is 9.64 Å². The molecule has 1 saturated heterocycles. The van der Waals surface area contributed by atoms with Gasteiger partial charge >= 0.3 is 6.03 Å². The Morgan fingerprint density at radius 2 is 1.96 bits per heavy atom. The second-order valence-electron chi connectivity index (χ2n) is 6.55. The molecule has 0 saturated carbocycles. The predicted octanol–water partition coefficient (Wildman–Crippen LogP) is 3.07. The molecule has 144 valence electrons. The molecule has 4 rings (SSSR count). The summed E-state index contributed by atoms with van der Waals surface area (Å²) in [6.07, 6.45) is 1.69. The number of aromatic nitrogens is 3. The van der Waals surface area contributed by atoms with E-state index in [4.69, 9.17) is 4.74 Å². The van der Waals surface area contributed by atoms with Crippen LogP contribution in [0.5, 0.6) is 0 Å². The van der Waals surface area contributed by atoms with Crippen molar-refractivity contribution in [2.45, 2.75) is 12.6 Å². The van der Waals surface area contributed by atoms with Gasteiger partial charge in [0.2, 0.25) is 0 Å². The van der Waals surface area contributed by atoms with E-state index in [2.05, 4.69) is 15.6 Å². The minimum atomic E-state index is -0.313. The molecular formula is C20H20FN5O2. The zero-order chi connectivity index (χ0) is 19.3. The zero-order valence-electron chi connectivity index (χ0n) is 15.2. The van der Waals surface area contributed by atoms with Crippen molar-refractivity contribution in [3.63, 3.8) is 0 Å². The van der Waals surface area contributed by atoms with E-state index in [1.165, 1.54) is 12.1 Å². The first-order valence-corrected chi connectivity index (χ1v) is 9.04. The number of rotatable bonds is 4. The van der Waals surface area contributed by atoms with E-state index in [-0.39, 0.29) is 17.9 Å². The van der Waals surface area contributed by atoms with Gasteiger partial charge in [0.15, 0.2) is 5.82 Å². The normalized spacial score (nSPS) is 16.8. The number of nitrogens with one attached hydrogen (secondary N) is 1. The van der Waals surface area contributed by atoms with Crippen LogP contribution in [-0.4, -0.2) is 45.7 Å². The Morgan fingerprint density at radius 3 is 2.75 bits per heavy atom. The lowest BCUT2D eigenvalue weighted by Crippen LogP contribution is -2.45. The fourth-order valence-electron chi connectivity index (χ4n) is 3.19. The summed E-state index contributed by atoms with van der Waals surface area (Å²) >= 11 is 0. The number of benzene rings is 2. The molecule has 7 nitrogen and oxygen atoms in total. The van der Waals surface area contributed by atoms with Crippen LogP contribution in [-0.2, 0) is 11.3 Å². The summed E-state index contributed by atoms with van der Waals surface area (Å²) in [4.78, 5) is 14.5. The van der Waals surface area contributed by atoms with Crippen LogP contribution < -0.4 is 5.32 Å². The van der Waals surface area contributed by atoms with Crippen molar-refractivity contribution in [3.8, 4) is 0 Å². The first-order valence-electron chi connectivity index (χ1n) is 9.04. The molecule has 1 fully saturated rings. The fourth-order valence-corrected chi connectivity index (χ4v) is 3.19. The van der Waals surface area contributed by atoms with Crippen LogP contribution in [0.4, 0.5) is 15.0 Å². The summed E-state index contributed by atoms with van der Waals surface area (Å²) in [6, 6.07) is 15.4. The first kappa shape index (κ1) is 18.1. The van der Waals surface area contributed by atoms with Gasteiger partial charge in [-0.2, -0.15) is 0 Å². The van der Waals surface area contributed by atoms with Crippen molar-refractivity contribution < 1.29 is 13.9 Å². The highest BCUT2D eigenvalue weighted by Crippen LogP contribution is 2.25. The number of carbonyl (C=O) groups excluding carboxylic acids is 1. The van der Waals surface area contributed by atoms with E-state index in [1.54, 1.807) is 27.9 Å². The topological polar surface area (TPSA) is 72.3 Å². The zero-order valence-corrected chi connectivity index (χ0v) is 15.2. The predicted molar refractivity (Wildman–Crippen MR) is 101 cm³/mol. The number of carbonyl (C=O) groups is 1. The number of anilines is 1. The lowest BCUT2D eigenvalue weighted by atomic mass is 10.1. The molecule has 1 atom stereocenters. The van der Waals surface area contributed by atoms with Crippen LogP contribution in [0.25, 0.3) is 0 Å². The van der Waals surface area contributed by atoms with Crippen LogP contribution in [0.15, 0.2) is 60.8 Å². The summed E-state index contributed by atoms with van der Waals surface area (Å²) in [6.45, 7) is 1.82. The van der Waals surface area contributed by atoms with Gasteiger partial charge in [-0.1, -0.05) is 47.7 Å². The van der Waals surface area contributed by atoms with Gasteiger partial charge in [0.1, 0.15) is 5.82 Å². The molecule has 1 aromatic heterocycles. The Balaban J connectivity index is 1.44. The summed E-state index contributed by atoms with van der Waals surface area (Å²) in [5, 5.41) is 10.9. The van der Waals surface area contributed by atoms with Gasteiger partial charge in [-0.15, -0.1) is 5.10 Å². The molecule has 0 radical (unpaired) electrons. The minimum absolute atomic E-state index is 0.284. The molecule has 0 bridgehead atoms. The molecule has 3 aromatic rings. The number of morpholine rings is 1. The number of hydrogen-bond acceptors (Lipinski definition) is 4. The van der Waals surface area contributed by atoms with Gasteiger partial charge in [-0.25, -0.2) is 13.9 Å². The Hall–Kier alpha value is -3.26. The van der Waals surface area contributed by atoms with E-state index >= 15 is 0 Å². The maximum absolute atomic E-state index is 13.2. The second kappa shape index (κ2) is 8.18. The summed E-state index contributed by atoms with van der Waals surface area (Å²) in [5.74, 6) is 0.0665. The molecule has 1 aliphatic rings. The third-order valence-corrected chi connectivity index (χ3v) is 4.61. The highest BCUT2D eigenvalue weighted by atomic mass is 19.1. The first-order chi connectivity index (χ1) is 13.7. The average molecular weight is 381 g/mol. The summed E-state index contributed by atoms with van der Waals surface area (Å²) in [7, 11) is 0. The largest absolute Gasteiger partial charge is 0.377 e. The average Bonchev–Trinajstić information content (AvgIpc) is 3.16. The maximum Gasteiger partial charge on any atom is 0.323 e. The van der Waals surface area contributed by atoms with Crippen LogP contribution in [0, 0.1) is 5.82 Å². The van der Waals surface area contributed by atoms with Crippen molar-refractivity contribution in [2.24, 2.45) is 0 Å². The second-order valence-corrected chi connectivity index (χ2v) is 6.55. The monoisotopic (exact) mass is 381 g/mol. The van der Waals surface area contributed by atoms with Gasteiger partial charge in [0.25, 0.3) is 0 Å². The summed E-state index contributed by atoms with van der Waals surface area (Å²) < 4.78 is 20.4. The molecular weight excluding hydrogens is 361 g/mol. The Bertz CT molecular complexity index is 929.